The van der Waals surface area contributed by atoms with Gasteiger partial charge in [0.1, 0.15) is 11.3 Å². The van der Waals surface area contributed by atoms with Gasteiger partial charge < -0.3 is 4.90 Å². The number of nitrogens with one attached hydrogen (secondary N) is 1. The molecule has 2 aromatic carbocycles. The first-order valence-electron chi connectivity index (χ1n) is 8.37. The minimum absolute atomic E-state index is 0.180. The number of halogens is 2. The molecule has 4 nitrogen and oxygen atoms in total. The summed E-state index contributed by atoms with van der Waals surface area (Å²) in [7, 11) is 4.13. The Bertz CT molecular complexity index is 928. The maximum Gasteiger partial charge on any atom is 0.260 e. The van der Waals surface area contributed by atoms with Gasteiger partial charge in [-0.1, -0.05) is 35.1 Å². The van der Waals surface area contributed by atoms with Crippen molar-refractivity contribution in [3.05, 3.63) is 58.9 Å². The third-order valence-corrected chi connectivity index (χ3v) is 5.24. The maximum atomic E-state index is 14.0. The number of para-hydroxylation sites is 1. The van der Waals surface area contributed by atoms with Gasteiger partial charge in [0.25, 0.3) is 5.91 Å². The fraction of sp³-hybridized carbons (Fsp3) is 0.263. The molecule has 0 atom stereocenters. The molecule has 0 radical (unpaired) electrons. The lowest BCUT2D eigenvalue weighted by atomic mass is 10.2. The predicted octanol–water partition coefficient (Wildman–Crippen LogP) is 3.27. The number of fused-ring (bicyclic) bond motifs is 1. The van der Waals surface area contributed by atoms with Crippen molar-refractivity contribution in [2.45, 2.75) is 6.42 Å². The first kappa shape index (κ1) is 18.8. The second kappa shape index (κ2) is 8.12. The van der Waals surface area contributed by atoms with Gasteiger partial charge in [-0.2, -0.15) is 0 Å². The number of thiazole rings is 1. The van der Waals surface area contributed by atoms with Crippen LogP contribution in [0.5, 0.6) is 0 Å². The number of hydrogen-bond donors (Lipinski definition) is 1. The summed E-state index contributed by atoms with van der Waals surface area (Å²) < 4.78 is 14.7. The Morgan fingerprint density at radius 2 is 2.04 bits per heavy atom. The number of carbonyl (C=O) groups excluding carboxylic acids is 1. The molecule has 0 unspecified atom stereocenters. The second-order valence-corrected chi connectivity index (χ2v) is 7.81. The van der Waals surface area contributed by atoms with Gasteiger partial charge in [0.15, 0.2) is 5.13 Å². The van der Waals surface area contributed by atoms with E-state index >= 15 is 0 Å². The number of carbonyl (C=O) groups is 1. The molecule has 1 aromatic heterocycles. The third kappa shape index (κ3) is 4.20. The van der Waals surface area contributed by atoms with Crippen LogP contribution in [0.15, 0.2) is 42.5 Å². The molecule has 0 saturated heterocycles. The van der Waals surface area contributed by atoms with E-state index in [0.717, 1.165) is 17.7 Å². The molecule has 0 fully saturated rings. The van der Waals surface area contributed by atoms with Gasteiger partial charge in [-0.25, -0.2) is 9.37 Å². The van der Waals surface area contributed by atoms with Crippen molar-refractivity contribution in [2.75, 3.05) is 32.1 Å². The number of aromatic nitrogens is 1. The normalized spacial score (nSPS) is 11.3. The van der Waals surface area contributed by atoms with E-state index < -0.39 is 0 Å². The van der Waals surface area contributed by atoms with Crippen LogP contribution in [-0.2, 0) is 0 Å². The van der Waals surface area contributed by atoms with Crippen LogP contribution in [0.2, 0.25) is 5.02 Å². The molecule has 136 valence electrons. The number of quaternary nitrogens is 1. The Morgan fingerprint density at radius 3 is 2.73 bits per heavy atom. The van der Waals surface area contributed by atoms with Gasteiger partial charge in [0.2, 0.25) is 0 Å². The smallest absolute Gasteiger partial charge is 0.260 e. The molecule has 3 rings (SSSR count). The fourth-order valence-corrected chi connectivity index (χ4v) is 3.87. The zero-order valence-electron chi connectivity index (χ0n) is 14.6. The van der Waals surface area contributed by atoms with Gasteiger partial charge >= 0.3 is 0 Å². The summed E-state index contributed by atoms with van der Waals surface area (Å²) >= 11 is 7.35. The summed E-state index contributed by atoms with van der Waals surface area (Å²) in [4.78, 5) is 20.4. The summed E-state index contributed by atoms with van der Waals surface area (Å²) in [6.07, 6.45) is 0.813. The van der Waals surface area contributed by atoms with E-state index in [1.807, 2.05) is 6.07 Å². The summed E-state index contributed by atoms with van der Waals surface area (Å²) in [6, 6.07) is 11.7. The highest BCUT2D eigenvalue weighted by molar-refractivity contribution is 7.22. The van der Waals surface area contributed by atoms with Crippen LogP contribution in [0.4, 0.5) is 9.52 Å². The van der Waals surface area contributed by atoms with Crippen molar-refractivity contribution in [3.8, 4) is 0 Å². The Balaban J connectivity index is 1.96. The number of hydrogen-bond acceptors (Lipinski definition) is 3. The molecule has 0 aliphatic rings. The zero-order valence-corrected chi connectivity index (χ0v) is 16.2. The van der Waals surface area contributed by atoms with Crippen molar-refractivity contribution in [2.24, 2.45) is 0 Å². The summed E-state index contributed by atoms with van der Waals surface area (Å²) in [5.74, 6) is -0.557. The van der Waals surface area contributed by atoms with Crippen molar-refractivity contribution in [3.63, 3.8) is 0 Å². The molecule has 1 heterocycles. The van der Waals surface area contributed by atoms with Crippen LogP contribution in [-0.4, -0.2) is 38.1 Å². The highest BCUT2D eigenvalue weighted by Crippen LogP contribution is 2.31. The fourth-order valence-electron chi connectivity index (χ4n) is 2.67. The molecule has 0 spiro atoms. The zero-order chi connectivity index (χ0) is 18.7. The number of anilines is 1. The van der Waals surface area contributed by atoms with E-state index in [0.29, 0.717) is 27.8 Å². The lowest BCUT2D eigenvalue weighted by molar-refractivity contribution is -0.858. The summed E-state index contributed by atoms with van der Waals surface area (Å²) in [5, 5.41) is 1.01. The lowest BCUT2D eigenvalue weighted by Gasteiger charge is -2.20. The van der Waals surface area contributed by atoms with Crippen LogP contribution in [0.25, 0.3) is 10.2 Å². The number of nitrogens with zero attached hydrogens (tertiary/aromatic N) is 2. The average Bonchev–Trinajstić information content (AvgIpc) is 3.03. The number of rotatable bonds is 6. The molecule has 1 amide bonds. The van der Waals surface area contributed by atoms with Crippen molar-refractivity contribution >= 4 is 44.2 Å². The molecule has 0 saturated carbocycles. The average molecular weight is 393 g/mol. The van der Waals surface area contributed by atoms with Crippen LogP contribution >= 0.6 is 22.9 Å². The van der Waals surface area contributed by atoms with E-state index in [2.05, 4.69) is 19.1 Å². The van der Waals surface area contributed by atoms with E-state index in [4.69, 9.17) is 11.6 Å². The monoisotopic (exact) mass is 392 g/mol. The van der Waals surface area contributed by atoms with Gasteiger partial charge in [-0.15, -0.1) is 0 Å². The lowest BCUT2D eigenvalue weighted by Crippen LogP contribution is -3.05. The van der Waals surface area contributed by atoms with Gasteiger partial charge in [0, 0.05) is 23.6 Å². The van der Waals surface area contributed by atoms with E-state index in [9.17, 15) is 9.18 Å². The van der Waals surface area contributed by atoms with Crippen molar-refractivity contribution in [1.82, 2.24) is 4.98 Å². The molecule has 1 N–H and O–H groups in total. The van der Waals surface area contributed by atoms with Crippen LogP contribution in [0, 0.1) is 5.82 Å². The molecular formula is C19H20ClFN3OS+. The second-order valence-electron chi connectivity index (χ2n) is 6.36. The van der Waals surface area contributed by atoms with Crippen LogP contribution in [0.3, 0.4) is 0 Å². The highest BCUT2D eigenvalue weighted by atomic mass is 35.5. The third-order valence-electron chi connectivity index (χ3n) is 3.96. The number of benzene rings is 2. The van der Waals surface area contributed by atoms with Crippen LogP contribution in [0.1, 0.15) is 16.8 Å². The molecule has 0 aliphatic carbocycles. The van der Waals surface area contributed by atoms with Gasteiger partial charge in [0.05, 0.1) is 25.3 Å². The van der Waals surface area contributed by atoms with E-state index in [1.54, 1.807) is 35.2 Å². The highest BCUT2D eigenvalue weighted by Gasteiger charge is 2.22. The molecule has 0 aliphatic heterocycles. The van der Waals surface area contributed by atoms with Crippen LogP contribution < -0.4 is 9.80 Å². The minimum Gasteiger partial charge on any atom is -0.340 e. The minimum atomic E-state index is -0.377. The largest absolute Gasteiger partial charge is 0.340 e. The first-order valence-corrected chi connectivity index (χ1v) is 9.56. The van der Waals surface area contributed by atoms with E-state index in [1.165, 1.54) is 22.3 Å². The SMILES string of the molecule is C[NH+](C)CCCN(C(=O)c1cccc(Cl)c1)c1nc2c(F)cccc2s1. The Morgan fingerprint density at radius 1 is 1.27 bits per heavy atom. The molecule has 0 bridgehead atoms. The molecule has 3 aromatic rings. The van der Waals surface area contributed by atoms with Gasteiger partial charge in [-0.3, -0.25) is 9.69 Å². The Kier molecular flexibility index (Phi) is 5.86. The molecular weight excluding hydrogens is 373 g/mol. The van der Waals surface area contributed by atoms with E-state index in [-0.39, 0.29) is 11.7 Å². The Hall–Kier alpha value is -2.02. The quantitative estimate of drug-likeness (QED) is 0.699. The van der Waals surface area contributed by atoms with Gasteiger partial charge in [-0.05, 0) is 30.3 Å². The first-order chi connectivity index (χ1) is 12.5. The van der Waals surface area contributed by atoms with Crippen molar-refractivity contribution in [1.29, 1.82) is 0 Å². The standard InChI is InChI=1S/C19H19ClFN3OS/c1-23(2)10-5-11-24(18(25)13-6-3-7-14(20)12-13)19-22-17-15(21)8-4-9-16(17)26-19/h3-4,6-9,12H,5,10-11H2,1-2H3/p+1. The van der Waals surface area contributed by atoms with Crippen molar-refractivity contribution < 1.29 is 14.1 Å². The topological polar surface area (TPSA) is 37.6 Å². The maximum absolute atomic E-state index is 14.0. The summed E-state index contributed by atoms with van der Waals surface area (Å²) in [6.45, 7) is 1.43. The molecule has 7 heteroatoms. The predicted molar refractivity (Wildman–Crippen MR) is 105 cm³/mol. The Labute approximate surface area is 160 Å². The molecule has 26 heavy (non-hydrogen) atoms. The summed E-state index contributed by atoms with van der Waals surface area (Å²) in [5.41, 5.74) is 0.795. The number of amides is 1.